The van der Waals surface area contributed by atoms with Gasteiger partial charge < -0.3 is 19.9 Å². The summed E-state index contributed by atoms with van der Waals surface area (Å²) < 4.78 is 5.24. The first-order valence-corrected chi connectivity index (χ1v) is 6.54. The zero-order chi connectivity index (χ0) is 12.1. The van der Waals surface area contributed by atoms with Gasteiger partial charge in [0.1, 0.15) is 0 Å². The van der Waals surface area contributed by atoms with E-state index < -0.39 is 0 Å². The van der Waals surface area contributed by atoms with Crippen molar-refractivity contribution in [1.82, 2.24) is 15.1 Å². The van der Waals surface area contributed by atoms with Crippen LogP contribution in [0, 0.1) is 0 Å². The van der Waals surface area contributed by atoms with Crippen molar-refractivity contribution in [3.63, 3.8) is 0 Å². The second-order valence-corrected chi connectivity index (χ2v) is 4.89. The number of nitrogens with one attached hydrogen (secondary N) is 1. The van der Waals surface area contributed by atoms with Crippen molar-refractivity contribution in [1.29, 1.82) is 0 Å². The predicted octanol–water partition coefficient (Wildman–Crippen LogP) is -0.471. The Bertz CT molecular complexity index is 250. The molecule has 5 heteroatoms. The van der Waals surface area contributed by atoms with Gasteiger partial charge in [-0.3, -0.25) is 4.79 Å². The van der Waals surface area contributed by atoms with Crippen LogP contribution < -0.4 is 5.32 Å². The number of hydrogen-bond donors (Lipinski definition) is 1. The third kappa shape index (κ3) is 3.66. The summed E-state index contributed by atoms with van der Waals surface area (Å²) in [7, 11) is 2.14. The normalized spacial score (nSPS) is 21.6. The van der Waals surface area contributed by atoms with Gasteiger partial charge >= 0.3 is 0 Å². The van der Waals surface area contributed by atoms with Crippen molar-refractivity contribution >= 4 is 5.91 Å². The molecule has 0 radical (unpaired) electrons. The number of hydrogen-bond acceptors (Lipinski definition) is 4. The Kier molecular flexibility index (Phi) is 4.76. The molecule has 1 amide bonds. The summed E-state index contributed by atoms with van der Waals surface area (Å²) in [5.74, 6) is 0.286. The molecule has 0 aromatic rings. The molecule has 2 saturated heterocycles. The molecule has 2 rings (SSSR count). The topological polar surface area (TPSA) is 44.8 Å². The van der Waals surface area contributed by atoms with Crippen molar-refractivity contribution in [2.75, 3.05) is 53.0 Å². The van der Waals surface area contributed by atoms with Crippen LogP contribution in [0.3, 0.4) is 0 Å². The van der Waals surface area contributed by atoms with E-state index in [-0.39, 0.29) is 5.91 Å². The first-order chi connectivity index (χ1) is 8.27. The molecule has 2 aliphatic heterocycles. The minimum Gasteiger partial charge on any atom is -0.378 e. The van der Waals surface area contributed by atoms with E-state index in [9.17, 15) is 4.79 Å². The van der Waals surface area contributed by atoms with Crippen LogP contribution in [0.15, 0.2) is 0 Å². The fourth-order valence-corrected chi connectivity index (χ4v) is 2.22. The predicted molar refractivity (Wildman–Crippen MR) is 65.9 cm³/mol. The Labute approximate surface area is 103 Å². The number of morpholine rings is 1. The number of nitrogens with zero attached hydrogens (tertiary/aromatic N) is 2. The molecule has 0 spiro atoms. The van der Waals surface area contributed by atoms with Crippen LogP contribution in [0.2, 0.25) is 0 Å². The first-order valence-electron chi connectivity index (χ1n) is 6.54. The van der Waals surface area contributed by atoms with Gasteiger partial charge in [-0.15, -0.1) is 0 Å². The SMILES string of the molecule is CN(CCCC(=O)N1CCOCC1)C1CNC1. The maximum absolute atomic E-state index is 11.9. The van der Waals surface area contributed by atoms with Gasteiger partial charge in [-0.2, -0.15) is 0 Å². The highest BCUT2D eigenvalue weighted by molar-refractivity contribution is 5.76. The molecule has 98 valence electrons. The largest absolute Gasteiger partial charge is 0.378 e. The summed E-state index contributed by atoms with van der Waals surface area (Å²) in [5.41, 5.74) is 0. The second-order valence-electron chi connectivity index (χ2n) is 4.89. The maximum atomic E-state index is 11.9. The zero-order valence-electron chi connectivity index (χ0n) is 10.7. The van der Waals surface area contributed by atoms with Crippen molar-refractivity contribution in [2.24, 2.45) is 0 Å². The maximum Gasteiger partial charge on any atom is 0.222 e. The molecule has 0 aromatic carbocycles. The molecule has 1 N–H and O–H groups in total. The van der Waals surface area contributed by atoms with Gasteiger partial charge in [0.2, 0.25) is 5.91 Å². The average Bonchev–Trinajstić information content (AvgIpc) is 2.27. The van der Waals surface area contributed by atoms with Crippen LogP contribution in [-0.4, -0.2) is 74.7 Å². The van der Waals surface area contributed by atoms with E-state index in [2.05, 4.69) is 17.3 Å². The van der Waals surface area contributed by atoms with E-state index in [0.29, 0.717) is 25.7 Å². The highest BCUT2D eigenvalue weighted by atomic mass is 16.5. The fourth-order valence-electron chi connectivity index (χ4n) is 2.22. The molecule has 0 bridgehead atoms. The molecule has 2 fully saturated rings. The van der Waals surface area contributed by atoms with Crippen LogP contribution in [0.1, 0.15) is 12.8 Å². The van der Waals surface area contributed by atoms with Gasteiger partial charge in [0, 0.05) is 38.6 Å². The quantitative estimate of drug-likeness (QED) is 0.707. The summed E-state index contributed by atoms with van der Waals surface area (Å²) in [6, 6.07) is 0.675. The summed E-state index contributed by atoms with van der Waals surface area (Å²) in [4.78, 5) is 16.1. The summed E-state index contributed by atoms with van der Waals surface area (Å²) in [6.45, 7) is 6.12. The van der Waals surface area contributed by atoms with E-state index >= 15 is 0 Å². The van der Waals surface area contributed by atoms with Crippen molar-refractivity contribution < 1.29 is 9.53 Å². The van der Waals surface area contributed by atoms with Gasteiger partial charge in [0.15, 0.2) is 0 Å². The Balaban J connectivity index is 1.58. The minimum absolute atomic E-state index is 0.286. The fraction of sp³-hybridized carbons (Fsp3) is 0.917. The molecule has 0 atom stereocenters. The van der Waals surface area contributed by atoms with Gasteiger partial charge in [0.25, 0.3) is 0 Å². The van der Waals surface area contributed by atoms with Crippen molar-refractivity contribution in [3.05, 3.63) is 0 Å². The molecular weight excluding hydrogens is 218 g/mol. The standard InChI is InChI=1S/C12H23N3O2/c1-14(11-9-13-10-11)4-2-3-12(16)15-5-7-17-8-6-15/h11,13H,2-10H2,1H3. The van der Waals surface area contributed by atoms with Crippen LogP contribution in [-0.2, 0) is 9.53 Å². The van der Waals surface area contributed by atoms with E-state index in [1.54, 1.807) is 0 Å². The molecule has 0 saturated carbocycles. The molecular formula is C12H23N3O2. The Morgan fingerprint density at radius 2 is 2.12 bits per heavy atom. The van der Waals surface area contributed by atoms with Crippen LogP contribution >= 0.6 is 0 Å². The lowest BCUT2D eigenvalue weighted by atomic mass is 10.1. The molecule has 0 aromatic heterocycles. The summed E-state index contributed by atoms with van der Waals surface area (Å²) in [5, 5.41) is 3.26. The number of rotatable bonds is 5. The molecule has 2 aliphatic rings. The van der Waals surface area contributed by atoms with Crippen molar-refractivity contribution in [3.8, 4) is 0 Å². The number of carbonyl (C=O) groups excluding carboxylic acids is 1. The minimum atomic E-state index is 0.286. The Morgan fingerprint density at radius 1 is 1.41 bits per heavy atom. The Hall–Kier alpha value is -0.650. The van der Waals surface area contributed by atoms with Gasteiger partial charge in [-0.1, -0.05) is 0 Å². The Morgan fingerprint density at radius 3 is 2.71 bits per heavy atom. The first kappa shape index (κ1) is 12.8. The van der Waals surface area contributed by atoms with E-state index in [1.165, 1.54) is 0 Å². The lowest BCUT2D eigenvalue weighted by Crippen LogP contribution is -2.56. The number of likely N-dealkylation sites (N-methyl/N-ethyl adjacent to an activating group) is 1. The average molecular weight is 241 g/mol. The zero-order valence-corrected chi connectivity index (χ0v) is 10.7. The van der Waals surface area contributed by atoms with Gasteiger partial charge in [-0.25, -0.2) is 0 Å². The second kappa shape index (κ2) is 6.33. The van der Waals surface area contributed by atoms with Crippen molar-refractivity contribution in [2.45, 2.75) is 18.9 Å². The molecule has 17 heavy (non-hydrogen) atoms. The van der Waals surface area contributed by atoms with Gasteiger partial charge in [0.05, 0.1) is 13.2 Å². The third-order valence-corrected chi connectivity index (χ3v) is 3.65. The molecule has 2 heterocycles. The van der Waals surface area contributed by atoms with Gasteiger partial charge in [-0.05, 0) is 20.0 Å². The van der Waals surface area contributed by atoms with E-state index in [0.717, 1.165) is 39.1 Å². The molecule has 0 unspecified atom stereocenters. The molecule has 5 nitrogen and oxygen atoms in total. The number of ether oxygens (including phenoxy) is 1. The number of amides is 1. The molecule has 0 aliphatic carbocycles. The third-order valence-electron chi connectivity index (χ3n) is 3.65. The number of carbonyl (C=O) groups is 1. The summed E-state index contributed by atoms with van der Waals surface area (Å²) >= 11 is 0. The smallest absolute Gasteiger partial charge is 0.222 e. The highest BCUT2D eigenvalue weighted by Crippen LogP contribution is 2.06. The highest BCUT2D eigenvalue weighted by Gasteiger charge is 2.21. The summed E-state index contributed by atoms with van der Waals surface area (Å²) in [6.07, 6.45) is 1.63. The monoisotopic (exact) mass is 241 g/mol. The van der Waals surface area contributed by atoms with Crippen LogP contribution in [0.5, 0.6) is 0 Å². The lowest BCUT2D eigenvalue weighted by Gasteiger charge is -2.35. The van der Waals surface area contributed by atoms with E-state index in [4.69, 9.17) is 4.74 Å². The van der Waals surface area contributed by atoms with Crippen LogP contribution in [0.4, 0.5) is 0 Å². The lowest BCUT2D eigenvalue weighted by molar-refractivity contribution is -0.135. The van der Waals surface area contributed by atoms with Crippen LogP contribution in [0.25, 0.3) is 0 Å². The van der Waals surface area contributed by atoms with E-state index in [1.807, 2.05) is 4.90 Å².